The van der Waals surface area contributed by atoms with Crippen LogP contribution in [0.2, 0.25) is 0 Å². The minimum Gasteiger partial charge on any atom is -0.305 e. The zero-order chi connectivity index (χ0) is 14.7. The molecule has 4 nitrogen and oxygen atoms in total. The molecule has 1 aromatic heterocycles. The van der Waals surface area contributed by atoms with Gasteiger partial charge in [-0.15, -0.1) is 11.3 Å². The van der Waals surface area contributed by atoms with E-state index in [9.17, 15) is 10.1 Å². The predicted molar refractivity (Wildman–Crippen MR) is 82.1 cm³/mol. The second-order valence-electron chi connectivity index (χ2n) is 4.91. The predicted octanol–water partition coefficient (Wildman–Crippen LogP) is 4.12. The molecular weight excluding hydrogens is 272 g/mol. The van der Waals surface area contributed by atoms with Gasteiger partial charge in [-0.3, -0.25) is 10.1 Å². The number of non-ortho nitro benzene ring substituents is 1. The van der Waals surface area contributed by atoms with E-state index >= 15 is 0 Å². The van der Waals surface area contributed by atoms with Gasteiger partial charge in [0.2, 0.25) is 0 Å². The first-order chi connectivity index (χ1) is 9.47. The molecule has 0 spiro atoms. The van der Waals surface area contributed by atoms with Crippen molar-refractivity contribution in [2.24, 2.45) is 0 Å². The van der Waals surface area contributed by atoms with Gasteiger partial charge in [0.1, 0.15) is 0 Å². The third-order valence-corrected chi connectivity index (χ3v) is 4.53. The average molecular weight is 290 g/mol. The molecule has 1 aromatic carbocycles. The van der Waals surface area contributed by atoms with E-state index in [4.69, 9.17) is 0 Å². The maximum Gasteiger partial charge on any atom is 0.269 e. The van der Waals surface area contributed by atoms with Crippen molar-refractivity contribution in [3.63, 3.8) is 0 Å². The monoisotopic (exact) mass is 290 g/mol. The summed E-state index contributed by atoms with van der Waals surface area (Å²) in [7, 11) is 0. The highest BCUT2D eigenvalue weighted by molar-refractivity contribution is 7.12. The lowest BCUT2D eigenvalue weighted by atomic mass is 10.1. The summed E-state index contributed by atoms with van der Waals surface area (Å²) in [5, 5.41) is 14.2. The van der Waals surface area contributed by atoms with Crippen LogP contribution < -0.4 is 5.32 Å². The molecule has 0 amide bonds. The molecule has 0 aliphatic carbocycles. The number of rotatable bonds is 5. The molecule has 1 heterocycles. The smallest absolute Gasteiger partial charge is 0.269 e. The van der Waals surface area contributed by atoms with Crippen molar-refractivity contribution in [2.75, 3.05) is 0 Å². The van der Waals surface area contributed by atoms with Crippen LogP contribution in [0.25, 0.3) is 0 Å². The van der Waals surface area contributed by atoms with Crippen molar-refractivity contribution in [3.05, 3.63) is 61.3 Å². The Balaban J connectivity index is 2.02. The molecule has 1 N–H and O–H groups in total. The molecular formula is C15H18N2O2S. The van der Waals surface area contributed by atoms with Gasteiger partial charge in [0.25, 0.3) is 5.69 Å². The van der Waals surface area contributed by atoms with Crippen LogP contribution in [0.1, 0.15) is 33.8 Å². The van der Waals surface area contributed by atoms with Gasteiger partial charge in [-0.1, -0.05) is 12.1 Å². The molecule has 2 aromatic rings. The summed E-state index contributed by atoms with van der Waals surface area (Å²) < 4.78 is 0. The van der Waals surface area contributed by atoms with Gasteiger partial charge in [-0.05, 0) is 38.0 Å². The first-order valence-corrected chi connectivity index (χ1v) is 7.32. The molecule has 2 rings (SSSR count). The number of nitrogens with zero attached hydrogens (tertiary/aromatic N) is 1. The van der Waals surface area contributed by atoms with E-state index in [-0.39, 0.29) is 16.7 Å². The summed E-state index contributed by atoms with van der Waals surface area (Å²) in [5.74, 6) is 0. The molecule has 0 saturated carbocycles. The number of thiophene rings is 1. The van der Waals surface area contributed by atoms with Crippen LogP contribution in [-0.4, -0.2) is 4.92 Å². The summed E-state index contributed by atoms with van der Waals surface area (Å²) in [6.45, 7) is 7.03. The molecule has 0 radical (unpaired) electrons. The highest BCUT2D eigenvalue weighted by atomic mass is 32.1. The Morgan fingerprint density at radius 2 is 2.10 bits per heavy atom. The summed E-state index contributed by atoms with van der Waals surface area (Å²) >= 11 is 1.79. The number of hydrogen-bond acceptors (Lipinski definition) is 4. The van der Waals surface area contributed by atoms with Crippen LogP contribution in [0.5, 0.6) is 0 Å². The Morgan fingerprint density at radius 1 is 1.35 bits per heavy atom. The fraction of sp³-hybridized carbons (Fsp3) is 0.333. The van der Waals surface area contributed by atoms with E-state index in [1.54, 1.807) is 23.5 Å². The largest absolute Gasteiger partial charge is 0.305 e. The van der Waals surface area contributed by atoms with Gasteiger partial charge < -0.3 is 5.32 Å². The molecule has 0 aliphatic rings. The normalized spacial score (nSPS) is 12.3. The topological polar surface area (TPSA) is 55.2 Å². The van der Waals surface area contributed by atoms with E-state index in [1.807, 2.05) is 13.0 Å². The zero-order valence-corrected chi connectivity index (χ0v) is 12.7. The lowest BCUT2D eigenvalue weighted by Gasteiger charge is -2.13. The van der Waals surface area contributed by atoms with Crippen LogP contribution >= 0.6 is 11.3 Å². The SMILES string of the molecule is Cc1cc(CNC(C)c2cccc([N+](=O)[O-])c2)sc1C. The molecule has 0 aliphatic heterocycles. The van der Waals surface area contributed by atoms with Gasteiger partial charge in [-0.25, -0.2) is 0 Å². The lowest BCUT2D eigenvalue weighted by molar-refractivity contribution is -0.384. The Hall–Kier alpha value is -1.72. The fourth-order valence-electron chi connectivity index (χ4n) is 2.02. The van der Waals surface area contributed by atoms with E-state index in [1.165, 1.54) is 21.4 Å². The Kier molecular flexibility index (Phi) is 4.52. The minimum absolute atomic E-state index is 0.0811. The molecule has 0 saturated heterocycles. The molecule has 5 heteroatoms. The molecule has 106 valence electrons. The Labute approximate surface area is 122 Å². The van der Waals surface area contributed by atoms with Crippen molar-refractivity contribution in [1.29, 1.82) is 0 Å². The third kappa shape index (κ3) is 3.43. The van der Waals surface area contributed by atoms with Crippen molar-refractivity contribution >= 4 is 17.0 Å². The van der Waals surface area contributed by atoms with Gasteiger partial charge in [-0.2, -0.15) is 0 Å². The van der Waals surface area contributed by atoms with Gasteiger partial charge in [0, 0.05) is 34.5 Å². The van der Waals surface area contributed by atoms with Gasteiger partial charge in [0.15, 0.2) is 0 Å². The zero-order valence-electron chi connectivity index (χ0n) is 11.8. The summed E-state index contributed by atoms with van der Waals surface area (Å²) in [6, 6.07) is 9.05. The van der Waals surface area contributed by atoms with E-state index < -0.39 is 0 Å². The fourth-order valence-corrected chi connectivity index (χ4v) is 3.02. The average Bonchev–Trinajstić information content (AvgIpc) is 2.75. The van der Waals surface area contributed by atoms with Crippen molar-refractivity contribution < 1.29 is 4.92 Å². The quantitative estimate of drug-likeness (QED) is 0.665. The van der Waals surface area contributed by atoms with E-state index in [0.29, 0.717) is 0 Å². The number of nitro groups is 1. The van der Waals surface area contributed by atoms with Crippen LogP contribution in [0.3, 0.4) is 0 Å². The standard InChI is InChI=1S/C15H18N2O2S/c1-10-7-15(20-12(10)3)9-16-11(2)13-5-4-6-14(8-13)17(18)19/h4-8,11,16H,9H2,1-3H3. The van der Waals surface area contributed by atoms with Gasteiger partial charge >= 0.3 is 0 Å². The van der Waals surface area contributed by atoms with Crippen molar-refractivity contribution in [2.45, 2.75) is 33.4 Å². The van der Waals surface area contributed by atoms with Crippen molar-refractivity contribution in [3.8, 4) is 0 Å². The van der Waals surface area contributed by atoms with Crippen LogP contribution in [0.15, 0.2) is 30.3 Å². The number of hydrogen-bond donors (Lipinski definition) is 1. The first kappa shape index (κ1) is 14.7. The number of benzene rings is 1. The molecule has 1 atom stereocenters. The van der Waals surface area contributed by atoms with Crippen LogP contribution in [-0.2, 0) is 6.54 Å². The Bertz CT molecular complexity index is 603. The van der Waals surface area contributed by atoms with Crippen LogP contribution in [0, 0.1) is 24.0 Å². The highest BCUT2D eigenvalue weighted by Crippen LogP contribution is 2.23. The number of nitrogens with one attached hydrogen (secondary N) is 1. The highest BCUT2D eigenvalue weighted by Gasteiger charge is 2.11. The molecule has 0 fully saturated rings. The molecule has 0 bridgehead atoms. The van der Waals surface area contributed by atoms with E-state index in [2.05, 4.69) is 25.2 Å². The van der Waals surface area contributed by atoms with Crippen molar-refractivity contribution in [1.82, 2.24) is 5.32 Å². The third-order valence-electron chi connectivity index (χ3n) is 3.38. The second-order valence-corrected chi connectivity index (χ2v) is 6.25. The maximum absolute atomic E-state index is 10.8. The molecule has 20 heavy (non-hydrogen) atoms. The van der Waals surface area contributed by atoms with Crippen LogP contribution in [0.4, 0.5) is 5.69 Å². The first-order valence-electron chi connectivity index (χ1n) is 6.51. The summed E-state index contributed by atoms with van der Waals surface area (Å²) in [5.41, 5.74) is 2.39. The minimum atomic E-state index is -0.359. The summed E-state index contributed by atoms with van der Waals surface area (Å²) in [6.07, 6.45) is 0. The lowest BCUT2D eigenvalue weighted by Crippen LogP contribution is -2.17. The summed E-state index contributed by atoms with van der Waals surface area (Å²) in [4.78, 5) is 13.1. The maximum atomic E-state index is 10.8. The van der Waals surface area contributed by atoms with Gasteiger partial charge in [0.05, 0.1) is 4.92 Å². The second kappa shape index (κ2) is 6.15. The molecule has 1 unspecified atom stereocenters. The number of nitro benzene ring substituents is 1. The number of aryl methyl sites for hydroxylation is 2. The van der Waals surface area contributed by atoms with E-state index in [0.717, 1.165) is 12.1 Å². The Morgan fingerprint density at radius 3 is 2.70 bits per heavy atom.